The molecule has 8 aromatic rings. The second-order valence-electron chi connectivity index (χ2n) is 22.4. The molecule has 0 bridgehead atoms. The van der Waals surface area contributed by atoms with Crippen LogP contribution in [-0.4, -0.2) is 71.6 Å². The first-order chi connectivity index (χ1) is 40.7. The lowest BCUT2D eigenvalue weighted by atomic mass is 9.72. The van der Waals surface area contributed by atoms with Gasteiger partial charge < -0.3 is 9.47 Å². The molecule has 6 aliphatic rings. The van der Waals surface area contributed by atoms with Crippen molar-refractivity contribution in [2.75, 3.05) is 21.7 Å². The molecule has 14 rings (SSSR count). The summed E-state index contributed by atoms with van der Waals surface area (Å²) in [5.74, 6) is -8.61. The van der Waals surface area contributed by atoms with E-state index in [1.54, 1.807) is 43.3 Å². The molecule has 0 radical (unpaired) electrons. The molecule has 0 fully saturated rings. The molecule has 14 nitrogen and oxygen atoms in total. The average Bonchev–Trinajstić information content (AvgIpc) is 2.57. The Balaban J connectivity index is 0.755. The van der Waals surface area contributed by atoms with Crippen molar-refractivity contribution in [2.24, 2.45) is 0 Å². The van der Waals surface area contributed by atoms with Gasteiger partial charge in [0, 0.05) is 29.3 Å². The fraction of sp³-hybridized carbons (Fsp3) is 0.152. The van der Waals surface area contributed by atoms with E-state index in [9.17, 15) is 38.4 Å². The third-order valence-corrected chi connectivity index (χ3v) is 17.5. The number of halogens is 6. The molecule has 6 aliphatic heterocycles. The lowest BCUT2D eigenvalue weighted by Gasteiger charge is -2.39. The molecular formula is C66H40F6N4O10. The molecule has 0 aliphatic carbocycles. The summed E-state index contributed by atoms with van der Waals surface area (Å²) in [5, 5.41) is 0. The quantitative estimate of drug-likeness (QED) is 0.115. The van der Waals surface area contributed by atoms with Gasteiger partial charge in [-0.3, -0.25) is 43.3 Å². The Labute approximate surface area is 483 Å². The third kappa shape index (κ3) is 7.27. The van der Waals surface area contributed by atoms with Crippen molar-refractivity contribution in [3.8, 4) is 34.1 Å². The average molecular weight is 1160 g/mol. The molecule has 86 heavy (non-hydrogen) atoms. The Bertz CT molecular complexity index is 4570. The highest BCUT2D eigenvalue weighted by atomic mass is 19.4. The fourth-order valence-electron chi connectivity index (χ4n) is 12.5. The minimum absolute atomic E-state index is 0.0205. The maximum Gasteiger partial charge on any atom is 0.402 e. The zero-order valence-corrected chi connectivity index (χ0v) is 45.6. The summed E-state index contributed by atoms with van der Waals surface area (Å²) in [7, 11) is 1.19. The van der Waals surface area contributed by atoms with Crippen LogP contribution in [0.5, 0.6) is 23.0 Å². The normalized spacial score (nSPS) is 19.1. The Morgan fingerprint density at radius 2 is 0.721 bits per heavy atom. The maximum absolute atomic E-state index is 15.9. The molecule has 0 saturated heterocycles. The molecule has 2 atom stereocenters. The molecule has 2 unspecified atom stereocenters. The molecule has 8 aromatic carbocycles. The number of aryl methyl sites for hydroxylation is 2. The summed E-state index contributed by atoms with van der Waals surface area (Å²) in [6, 6.07) is 33.1. The van der Waals surface area contributed by atoms with Crippen LogP contribution in [0.1, 0.15) is 141 Å². The minimum Gasteiger partial charge on any atom is -0.457 e. The van der Waals surface area contributed by atoms with Crippen LogP contribution in [-0.2, 0) is 17.3 Å². The number of benzene rings is 8. The number of alkyl halides is 6. The number of carbonyl (C=O) groups excluding carboxylic acids is 8. The summed E-state index contributed by atoms with van der Waals surface area (Å²) in [6.07, 6.45) is -9.61. The van der Waals surface area contributed by atoms with E-state index in [1.165, 1.54) is 37.4 Å². The van der Waals surface area contributed by atoms with Gasteiger partial charge in [-0.2, -0.15) is 26.3 Å². The molecule has 0 saturated carbocycles. The summed E-state index contributed by atoms with van der Waals surface area (Å²) in [6.45, 7) is 5.38. The summed E-state index contributed by atoms with van der Waals surface area (Å²) < 4.78 is 106. The molecule has 426 valence electrons. The highest BCUT2D eigenvalue weighted by molar-refractivity contribution is 6.37. The van der Waals surface area contributed by atoms with E-state index in [1.807, 2.05) is 31.2 Å². The number of imide groups is 4. The first kappa shape index (κ1) is 53.5. The van der Waals surface area contributed by atoms with E-state index < -0.39 is 110 Å². The number of nitrogens with zero attached hydrogens (tertiary/aromatic N) is 4. The van der Waals surface area contributed by atoms with Gasteiger partial charge in [0.15, 0.2) is 0 Å². The van der Waals surface area contributed by atoms with Gasteiger partial charge >= 0.3 is 12.4 Å². The van der Waals surface area contributed by atoms with Gasteiger partial charge in [-0.15, -0.1) is 0 Å². The SMILES string of the molecule is Cc1ccc(Cc2ccc(N3C(=O)c4cc5c(cc4C3=O)C(C)(C(F)(F)F)c3cc4c(cc3O5)C(=O)N(c3ccc(C)c(-c5cccc(N6C(=O)c7cc8c(cc7C6=O)C(C)(C(F)(F)F)c6cc7c(cc6O8)C(=O)N(C)C7=O)c5)c3)C4=O)cc2)cc1. The first-order valence-corrected chi connectivity index (χ1v) is 26.8. The Morgan fingerprint density at radius 1 is 0.384 bits per heavy atom. The molecule has 0 aromatic heterocycles. The van der Waals surface area contributed by atoms with Crippen LogP contribution >= 0.6 is 0 Å². The van der Waals surface area contributed by atoms with Gasteiger partial charge in [0.2, 0.25) is 0 Å². The van der Waals surface area contributed by atoms with Crippen LogP contribution in [0, 0.1) is 13.8 Å². The zero-order chi connectivity index (χ0) is 60.7. The second-order valence-corrected chi connectivity index (χ2v) is 22.4. The Morgan fingerprint density at radius 3 is 1.13 bits per heavy atom. The third-order valence-electron chi connectivity index (χ3n) is 17.5. The van der Waals surface area contributed by atoms with Crippen LogP contribution in [0.4, 0.5) is 43.4 Å². The lowest BCUT2D eigenvalue weighted by Crippen LogP contribution is -2.43. The van der Waals surface area contributed by atoms with Crippen LogP contribution < -0.4 is 24.2 Å². The smallest absolute Gasteiger partial charge is 0.402 e. The Hall–Kier alpha value is -10.5. The molecule has 0 N–H and O–H groups in total. The minimum atomic E-state index is -5.11. The monoisotopic (exact) mass is 1160 g/mol. The molecular weight excluding hydrogens is 1120 g/mol. The van der Waals surface area contributed by atoms with Crippen molar-refractivity contribution in [3.05, 3.63) is 229 Å². The standard InChI is InChI=1S/C66H40F6N4O10/c1-30-9-12-32(13-10-30)19-33-14-17-35(18-15-33)74-57(79)40-23-48-52(27-44(40)60(74)82)86-54-29-46-42(25-50(54)64(48,4)66(70,71)72)59(81)76(62(46)84)37-16-11-31(2)38(21-37)34-7-6-8-36(20-34)75-58(80)41-24-49-53(28-45(41)61(75)83)85-51-26-43-39(55(77)73(5)56(43)78)22-47(51)63(49,3)65(67,68)69/h6-18,20-29H,19H2,1-5H3. The van der Waals surface area contributed by atoms with Crippen LogP contribution in [0.25, 0.3) is 11.1 Å². The van der Waals surface area contributed by atoms with E-state index in [0.29, 0.717) is 23.1 Å². The van der Waals surface area contributed by atoms with E-state index in [-0.39, 0.29) is 67.3 Å². The van der Waals surface area contributed by atoms with Crippen LogP contribution in [0.2, 0.25) is 0 Å². The van der Waals surface area contributed by atoms with Crippen molar-refractivity contribution in [1.82, 2.24) is 4.90 Å². The van der Waals surface area contributed by atoms with Crippen molar-refractivity contribution >= 4 is 64.3 Å². The number of amides is 8. The second kappa shape index (κ2) is 17.8. The number of hydrogen-bond donors (Lipinski definition) is 0. The van der Waals surface area contributed by atoms with E-state index in [2.05, 4.69) is 0 Å². The highest BCUT2D eigenvalue weighted by Gasteiger charge is 2.61. The van der Waals surface area contributed by atoms with Gasteiger partial charge in [-0.1, -0.05) is 60.2 Å². The van der Waals surface area contributed by atoms with Crippen molar-refractivity contribution in [3.63, 3.8) is 0 Å². The van der Waals surface area contributed by atoms with Gasteiger partial charge in [0.1, 0.15) is 33.8 Å². The molecule has 8 amide bonds. The summed E-state index contributed by atoms with van der Waals surface area (Å²) in [5.41, 5.74) is -5.76. The van der Waals surface area contributed by atoms with Crippen molar-refractivity contribution < 1.29 is 74.2 Å². The predicted molar refractivity (Wildman–Crippen MR) is 298 cm³/mol. The van der Waals surface area contributed by atoms with Crippen molar-refractivity contribution in [2.45, 2.75) is 57.3 Å². The number of hydrogen-bond acceptors (Lipinski definition) is 10. The predicted octanol–water partition coefficient (Wildman–Crippen LogP) is 13.1. The maximum atomic E-state index is 15.9. The number of ether oxygens (including phenoxy) is 2. The van der Waals surface area contributed by atoms with Gasteiger partial charge in [-0.05, 0) is 147 Å². The van der Waals surface area contributed by atoms with Crippen LogP contribution in [0.15, 0.2) is 140 Å². The van der Waals surface area contributed by atoms with Gasteiger partial charge in [-0.25, -0.2) is 14.7 Å². The van der Waals surface area contributed by atoms with Crippen molar-refractivity contribution in [1.29, 1.82) is 0 Å². The molecule has 0 spiro atoms. The lowest BCUT2D eigenvalue weighted by molar-refractivity contribution is -0.175. The number of carbonyl (C=O) groups is 8. The largest absolute Gasteiger partial charge is 0.457 e. The van der Waals surface area contributed by atoms with Gasteiger partial charge in [0.05, 0.1) is 61.6 Å². The van der Waals surface area contributed by atoms with Gasteiger partial charge in [0.25, 0.3) is 47.3 Å². The molecule has 6 heterocycles. The zero-order valence-electron chi connectivity index (χ0n) is 45.6. The fourth-order valence-corrected chi connectivity index (χ4v) is 12.5. The number of anilines is 3. The Kier molecular flexibility index (Phi) is 11.1. The van der Waals surface area contributed by atoms with E-state index in [4.69, 9.17) is 9.47 Å². The van der Waals surface area contributed by atoms with E-state index >= 15 is 26.3 Å². The highest BCUT2D eigenvalue weighted by Crippen LogP contribution is 2.59. The summed E-state index contributed by atoms with van der Waals surface area (Å²) in [4.78, 5) is 115. The molecule has 20 heteroatoms. The topological polar surface area (TPSA) is 168 Å². The number of rotatable bonds is 6. The van der Waals surface area contributed by atoms with E-state index in [0.717, 1.165) is 98.7 Å². The number of fused-ring (bicyclic) bond motifs is 8. The first-order valence-electron chi connectivity index (χ1n) is 26.8. The van der Waals surface area contributed by atoms with Crippen LogP contribution in [0.3, 0.4) is 0 Å². The summed E-state index contributed by atoms with van der Waals surface area (Å²) >= 11 is 0.